The molecule has 0 unspecified atom stereocenters. The molecule has 0 radical (unpaired) electrons. The molecule has 3 aliphatic rings. The van der Waals surface area contributed by atoms with Gasteiger partial charge in [-0.05, 0) is 43.4 Å². The van der Waals surface area contributed by atoms with E-state index in [9.17, 15) is 0 Å². The van der Waals surface area contributed by atoms with Crippen molar-refractivity contribution < 1.29 is 4.74 Å². The molecular formula is C24H29N5O. The number of nitriles is 1. The quantitative estimate of drug-likeness (QED) is 0.762. The molecule has 3 heterocycles. The summed E-state index contributed by atoms with van der Waals surface area (Å²) in [5.41, 5.74) is 3.21. The summed E-state index contributed by atoms with van der Waals surface area (Å²) in [7, 11) is 0. The van der Waals surface area contributed by atoms with Crippen molar-refractivity contribution in [3.8, 4) is 6.07 Å². The van der Waals surface area contributed by atoms with Crippen LogP contribution in [0.25, 0.3) is 0 Å². The maximum Gasteiger partial charge on any atom is 0.134 e. The van der Waals surface area contributed by atoms with Gasteiger partial charge in [0.1, 0.15) is 11.6 Å². The molecular weight excluding hydrogens is 374 g/mol. The average Bonchev–Trinajstić information content (AvgIpc) is 3.66. The lowest BCUT2D eigenvalue weighted by molar-refractivity contribution is 0.0844. The summed E-state index contributed by atoms with van der Waals surface area (Å²) in [6.45, 7) is 6.65. The molecule has 6 heteroatoms. The van der Waals surface area contributed by atoms with Gasteiger partial charge in [0.25, 0.3) is 0 Å². The van der Waals surface area contributed by atoms with Crippen molar-refractivity contribution in [2.24, 2.45) is 0 Å². The van der Waals surface area contributed by atoms with E-state index >= 15 is 0 Å². The molecule has 2 aromatic rings. The Morgan fingerprint density at radius 1 is 0.933 bits per heavy atom. The first kappa shape index (κ1) is 19.5. The summed E-state index contributed by atoms with van der Waals surface area (Å²) >= 11 is 0. The molecule has 3 fully saturated rings. The van der Waals surface area contributed by atoms with Crippen LogP contribution in [0.4, 0.5) is 5.82 Å². The van der Waals surface area contributed by atoms with Crippen LogP contribution in [0, 0.1) is 11.3 Å². The standard InChI is InChI=1S/C24H29N5O/c25-16-18-1-3-19(4-2-18)17-28-9-11-29(12-10-28)23-15-22(20-7-13-30-14-8-20)26-24(27-23)21-5-6-21/h1-4,15,20-21H,5-14,17H2. The van der Waals surface area contributed by atoms with E-state index < -0.39 is 0 Å². The van der Waals surface area contributed by atoms with Crippen molar-refractivity contribution in [1.29, 1.82) is 5.26 Å². The van der Waals surface area contributed by atoms with E-state index in [2.05, 4.69) is 34.1 Å². The van der Waals surface area contributed by atoms with E-state index in [0.717, 1.165) is 76.0 Å². The molecule has 0 bridgehead atoms. The zero-order chi connectivity index (χ0) is 20.3. The number of hydrogen-bond acceptors (Lipinski definition) is 6. The van der Waals surface area contributed by atoms with Gasteiger partial charge in [0.15, 0.2) is 0 Å². The molecule has 0 atom stereocenters. The molecule has 0 spiro atoms. The molecule has 156 valence electrons. The second-order valence-electron chi connectivity index (χ2n) is 8.74. The van der Waals surface area contributed by atoms with Crippen molar-refractivity contribution >= 4 is 5.82 Å². The average molecular weight is 404 g/mol. The fraction of sp³-hybridized carbons (Fsp3) is 0.542. The van der Waals surface area contributed by atoms with Crippen LogP contribution in [-0.4, -0.2) is 54.3 Å². The minimum atomic E-state index is 0.510. The van der Waals surface area contributed by atoms with Gasteiger partial charge in [0, 0.05) is 69.5 Å². The topological polar surface area (TPSA) is 65.3 Å². The molecule has 1 aromatic heterocycles. The zero-order valence-corrected chi connectivity index (χ0v) is 17.5. The molecule has 1 aromatic carbocycles. The second kappa shape index (κ2) is 8.71. The molecule has 30 heavy (non-hydrogen) atoms. The highest BCUT2D eigenvalue weighted by molar-refractivity contribution is 5.42. The summed E-state index contributed by atoms with van der Waals surface area (Å²) in [5, 5.41) is 8.97. The fourth-order valence-electron chi connectivity index (χ4n) is 4.44. The van der Waals surface area contributed by atoms with Gasteiger partial charge in [0.05, 0.1) is 11.6 Å². The Kier molecular flexibility index (Phi) is 5.65. The van der Waals surface area contributed by atoms with Gasteiger partial charge in [-0.25, -0.2) is 9.97 Å². The van der Waals surface area contributed by atoms with Crippen molar-refractivity contribution in [1.82, 2.24) is 14.9 Å². The van der Waals surface area contributed by atoms with Crippen molar-refractivity contribution in [3.05, 3.63) is 53.0 Å². The van der Waals surface area contributed by atoms with Crippen LogP contribution in [-0.2, 0) is 11.3 Å². The third-order valence-electron chi connectivity index (χ3n) is 6.52. The summed E-state index contributed by atoms with van der Waals surface area (Å²) in [6.07, 6.45) is 4.60. The first-order chi connectivity index (χ1) is 14.8. The van der Waals surface area contributed by atoms with Gasteiger partial charge < -0.3 is 9.64 Å². The van der Waals surface area contributed by atoms with E-state index in [4.69, 9.17) is 20.0 Å². The van der Waals surface area contributed by atoms with E-state index in [-0.39, 0.29) is 0 Å². The van der Waals surface area contributed by atoms with Crippen molar-refractivity contribution in [3.63, 3.8) is 0 Å². The van der Waals surface area contributed by atoms with Gasteiger partial charge >= 0.3 is 0 Å². The molecule has 6 nitrogen and oxygen atoms in total. The van der Waals surface area contributed by atoms with Crippen LogP contribution in [0.3, 0.4) is 0 Å². The Bertz CT molecular complexity index is 904. The highest BCUT2D eigenvalue weighted by atomic mass is 16.5. The predicted octanol–water partition coefficient (Wildman–Crippen LogP) is 3.44. The third-order valence-corrected chi connectivity index (χ3v) is 6.52. The summed E-state index contributed by atoms with van der Waals surface area (Å²) in [4.78, 5) is 14.9. The van der Waals surface area contributed by atoms with Gasteiger partial charge in [-0.1, -0.05) is 12.1 Å². The van der Waals surface area contributed by atoms with Crippen LogP contribution in [0.1, 0.15) is 60.2 Å². The second-order valence-corrected chi connectivity index (χ2v) is 8.74. The van der Waals surface area contributed by atoms with Gasteiger partial charge in [-0.15, -0.1) is 0 Å². The lowest BCUT2D eigenvalue weighted by atomic mass is 9.96. The summed E-state index contributed by atoms with van der Waals surface area (Å²) < 4.78 is 5.56. The van der Waals surface area contributed by atoms with Gasteiger partial charge in [0.2, 0.25) is 0 Å². The smallest absolute Gasteiger partial charge is 0.134 e. The van der Waals surface area contributed by atoms with Crippen LogP contribution in [0.5, 0.6) is 0 Å². The molecule has 0 N–H and O–H groups in total. The minimum absolute atomic E-state index is 0.510. The first-order valence-electron chi connectivity index (χ1n) is 11.2. The highest BCUT2D eigenvalue weighted by Crippen LogP contribution is 2.40. The number of hydrogen-bond donors (Lipinski definition) is 0. The number of anilines is 1. The SMILES string of the molecule is N#Cc1ccc(CN2CCN(c3cc(C4CCOCC4)nc(C4CC4)n3)CC2)cc1. The molecule has 0 amide bonds. The van der Waals surface area contributed by atoms with Gasteiger partial charge in [-0.3, -0.25) is 4.90 Å². The lowest BCUT2D eigenvalue weighted by Gasteiger charge is -2.36. The van der Waals surface area contributed by atoms with E-state index in [0.29, 0.717) is 11.8 Å². The van der Waals surface area contributed by atoms with E-state index in [1.54, 1.807) is 0 Å². The Hall–Kier alpha value is -2.49. The monoisotopic (exact) mass is 403 g/mol. The summed E-state index contributed by atoms with van der Waals surface area (Å²) in [6, 6.07) is 12.4. The number of piperazine rings is 1. The Morgan fingerprint density at radius 3 is 2.33 bits per heavy atom. The first-order valence-corrected chi connectivity index (χ1v) is 11.2. The Morgan fingerprint density at radius 2 is 1.67 bits per heavy atom. The fourth-order valence-corrected chi connectivity index (χ4v) is 4.44. The maximum atomic E-state index is 8.97. The largest absolute Gasteiger partial charge is 0.381 e. The van der Waals surface area contributed by atoms with E-state index in [1.807, 2.05) is 12.1 Å². The van der Waals surface area contributed by atoms with Crippen molar-refractivity contribution in [2.75, 3.05) is 44.3 Å². The predicted molar refractivity (Wildman–Crippen MR) is 115 cm³/mol. The van der Waals surface area contributed by atoms with Crippen LogP contribution < -0.4 is 4.90 Å². The maximum absolute atomic E-state index is 8.97. The Labute approximate surface area is 178 Å². The molecule has 1 aliphatic carbocycles. The number of benzene rings is 1. The molecule has 1 saturated carbocycles. The molecule has 2 saturated heterocycles. The third kappa shape index (κ3) is 4.48. The van der Waals surface area contributed by atoms with Crippen LogP contribution >= 0.6 is 0 Å². The lowest BCUT2D eigenvalue weighted by Crippen LogP contribution is -2.46. The number of ether oxygens (including phenoxy) is 1. The van der Waals surface area contributed by atoms with Crippen molar-refractivity contribution in [2.45, 2.75) is 44.1 Å². The normalized spacial score (nSPS) is 20.8. The minimum Gasteiger partial charge on any atom is -0.381 e. The Balaban J connectivity index is 1.25. The number of rotatable bonds is 5. The molecule has 5 rings (SSSR count). The zero-order valence-electron chi connectivity index (χ0n) is 17.5. The van der Waals surface area contributed by atoms with Gasteiger partial charge in [-0.2, -0.15) is 5.26 Å². The molecule has 2 aliphatic heterocycles. The number of nitrogens with zero attached hydrogens (tertiary/aromatic N) is 5. The van der Waals surface area contributed by atoms with Crippen LogP contribution in [0.15, 0.2) is 30.3 Å². The summed E-state index contributed by atoms with van der Waals surface area (Å²) in [5.74, 6) is 3.26. The highest BCUT2D eigenvalue weighted by Gasteiger charge is 2.30. The van der Waals surface area contributed by atoms with E-state index in [1.165, 1.54) is 24.1 Å². The van der Waals surface area contributed by atoms with Crippen LogP contribution in [0.2, 0.25) is 0 Å². The number of aromatic nitrogens is 2.